The maximum absolute atomic E-state index is 10.5. The molecule has 1 aliphatic rings. The summed E-state index contributed by atoms with van der Waals surface area (Å²) in [5.74, 6) is 0.0225. The number of nitrogens with one attached hydrogen (secondary N) is 1. The minimum atomic E-state index is -0.783. The van der Waals surface area contributed by atoms with Crippen LogP contribution in [-0.2, 0) is 0 Å². The molecule has 0 aromatic rings. The first-order valence-corrected chi connectivity index (χ1v) is 4.75. The van der Waals surface area contributed by atoms with Crippen LogP contribution < -0.4 is 11.2 Å². The Kier molecular flexibility index (Phi) is 3.10. The van der Waals surface area contributed by atoms with Crippen molar-refractivity contribution in [3.63, 3.8) is 0 Å². The van der Waals surface area contributed by atoms with Gasteiger partial charge < -0.3 is 10.8 Å². The number of amides is 2. The van der Waals surface area contributed by atoms with Gasteiger partial charge >= 0.3 is 6.03 Å². The summed E-state index contributed by atoms with van der Waals surface area (Å²) in [5.41, 5.74) is 7.16. The molecule has 4 N–H and O–H groups in total. The average Bonchev–Trinajstić information content (AvgIpc) is 2.46. The molecule has 5 heteroatoms. The van der Waals surface area contributed by atoms with Gasteiger partial charge in [-0.15, -0.1) is 0 Å². The summed E-state index contributed by atoms with van der Waals surface area (Å²) < 4.78 is 0. The fourth-order valence-corrected chi connectivity index (χ4v) is 1.85. The van der Waals surface area contributed by atoms with Gasteiger partial charge in [0.2, 0.25) is 0 Å². The molecule has 1 aliphatic carbocycles. The molecule has 1 rings (SSSR count). The molecule has 0 heterocycles. The van der Waals surface area contributed by atoms with Crippen LogP contribution in [0.2, 0.25) is 0 Å². The Morgan fingerprint density at radius 3 is 2.86 bits per heavy atom. The Morgan fingerprint density at radius 2 is 2.36 bits per heavy atom. The van der Waals surface area contributed by atoms with E-state index in [2.05, 4.69) is 10.5 Å². The highest BCUT2D eigenvalue weighted by Gasteiger charge is 2.34. The highest BCUT2D eigenvalue weighted by atomic mass is 16.3. The fourth-order valence-electron chi connectivity index (χ4n) is 1.85. The van der Waals surface area contributed by atoms with Crippen LogP contribution >= 0.6 is 0 Å². The highest BCUT2D eigenvalue weighted by Crippen LogP contribution is 2.31. The summed E-state index contributed by atoms with van der Waals surface area (Å²) in [5, 5.41) is 13.7. The van der Waals surface area contributed by atoms with E-state index >= 15 is 0 Å². The van der Waals surface area contributed by atoms with Crippen molar-refractivity contribution < 1.29 is 9.90 Å². The van der Waals surface area contributed by atoms with Gasteiger partial charge in [-0.2, -0.15) is 5.10 Å². The Labute approximate surface area is 83.4 Å². The smallest absolute Gasteiger partial charge is 0.332 e. The lowest BCUT2D eigenvalue weighted by atomic mass is 9.89. The molecule has 14 heavy (non-hydrogen) atoms. The highest BCUT2D eigenvalue weighted by molar-refractivity contribution is 5.90. The summed E-state index contributed by atoms with van der Waals surface area (Å²) in [6, 6.07) is -0.668. The number of hydrogen-bond acceptors (Lipinski definition) is 3. The number of nitrogens with two attached hydrogens (primary N) is 1. The SMILES string of the molecule is CC(C)(O)C1CCCC1=NNC(N)=O. The first-order chi connectivity index (χ1) is 6.41. The van der Waals surface area contributed by atoms with E-state index in [-0.39, 0.29) is 5.92 Å². The van der Waals surface area contributed by atoms with Crippen LogP contribution in [0.3, 0.4) is 0 Å². The lowest BCUT2D eigenvalue weighted by Gasteiger charge is -2.25. The van der Waals surface area contributed by atoms with Crippen molar-refractivity contribution in [2.75, 3.05) is 0 Å². The molecule has 2 amide bonds. The Hall–Kier alpha value is -1.10. The van der Waals surface area contributed by atoms with E-state index in [4.69, 9.17) is 5.73 Å². The first-order valence-electron chi connectivity index (χ1n) is 4.75. The van der Waals surface area contributed by atoms with Crippen molar-refractivity contribution in [3.05, 3.63) is 0 Å². The van der Waals surface area contributed by atoms with Gasteiger partial charge in [-0.05, 0) is 33.1 Å². The molecular weight excluding hydrogens is 182 g/mol. The Bertz CT molecular complexity index is 255. The number of carbonyl (C=O) groups excluding carboxylic acids is 1. The topological polar surface area (TPSA) is 87.7 Å². The second-order valence-corrected chi connectivity index (χ2v) is 4.18. The van der Waals surface area contributed by atoms with Crippen molar-refractivity contribution in [2.24, 2.45) is 16.8 Å². The molecule has 0 radical (unpaired) electrons. The van der Waals surface area contributed by atoms with Gasteiger partial charge in [0, 0.05) is 11.6 Å². The monoisotopic (exact) mass is 199 g/mol. The molecule has 0 aromatic carbocycles. The van der Waals surface area contributed by atoms with Gasteiger partial charge in [0.25, 0.3) is 0 Å². The lowest BCUT2D eigenvalue weighted by molar-refractivity contribution is 0.0450. The molecule has 80 valence electrons. The molecule has 0 saturated heterocycles. The van der Waals surface area contributed by atoms with Crippen LogP contribution in [0.25, 0.3) is 0 Å². The van der Waals surface area contributed by atoms with Crippen LogP contribution in [0.5, 0.6) is 0 Å². The number of hydrazone groups is 1. The first kappa shape index (κ1) is 11.0. The molecule has 1 unspecified atom stereocenters. The maximum atomic E-state index is 10.5. The third-order valence-electron chi connectivity index (χ3n) is 2.49. The molecular formula is C9H17N3O2. The minimum Gasteiger partial charge on any atom is -0.390 e. The molecule has 0 spiro atoms. The summed E-state index contributed by atoms with van der Waals surface area (Å²) >= 11 is 0. The molecule has 1 fully saturated rings. The molecule has 0 aromatic heterocycles. The van der Waals surface area contributed by atoms with Crippen molar-refractivity contribution in [1.29, 1.82) is 0 Å². The van der Waals surface area contributed by atoms with Gasteiger partial charge in [-0.1, -0.05) is 0 Å². The van der Waals surface area contributed by atoms with E-state index in [1.165, 1.54) is 0 Å². The van der Waals surface area contributed by atoms with E-state index in [0.717, 1.165) is 25.0 Å². The van der Waals surface area contributed by atoms with Gasteiger partial charge in [0.15, 0.2) is 0 Å². The van der Waals surface area contributed by atoms with Crippen LogP contribution in [-0.4, -0.2) is 22.5 Å². The van der Waals surface area contributed by atoms with E-state index in [9.17, 15) is 9.90 Å². The van der Waals surface area contributed by atoms with Gasteiger partial charge in [0.05, 0.1) is 5.60 Å². The number of aliphatic hydroxyl groups is 1. The van der Waals surface area contributed by atoms with Gasteiger partial charge in [0.1, 0.15) is 0 Å². The van der Waals surface area contributed by atoms with E-state index in [0.29, 0.717) is 0 Å². The van der Waals surface area contributed by atoms with Crippen LogP contribution in [0.4, 0.5) is 4.79 Å². The largest absolute Gasteiger partial charge is 0.390 e. The number of nitrogens with zero attached hydrogens (tertiary/aromatic N) is 1. The van der Waals surface area contributed by atoms with Crippen molar-refractivity contribution in [3.8, 4) is 0 Å². The normalized spacial score (nSPS) is 25.4. The molecule has 0 aliphatic heterocycles. The predicted octanol–water partition coefficient (Wildman–Crippen LogP) is 0.582. The summed E-state index contributed by atoms with van der Waals surface area (Å²) in [6.07, 6.45) is 2.71. The van der Waals surface area contributed by atoms with Crippen LogP contribution in [0.15, 0.2) is 5.10 Å². The number of urea groups is 1. The van der Waals surface area contributed by atoms with Crippen LogP contribution in [0, 0.1) is 5.92 Å². The molecule has 5 nitrogen and oxygen atoms in total. The molecule has 0 bridgehead atoms. The Balaban J connectivity index is 2.68. The predicted molar refractivity (Wildman–Crippen MR) is 53.8 cm³/mol. The second kappa shape index (κ2) is 3.96. The van der Waals surface area contributed by atoms with Crippen molar-refractivity contribution in [1.82, 2.24) is 5.43 Å². The molecule has 1 atom stereocenters. The van der Waals surface area contributed by atoms with Crippen molar-refractivity contribution >= 4 is 11.7 Å². The second-order valence-electron chi connectivity index (χ2n) is 4.18. The fraction of sp³-hybridized carbons (Fsp3) is 0.778. The van der Waals surface area contributed by atoms with Crippen LogP contribution in [0.1, 0.15) is 33.1 Å². The lowest BCUT2D eigenvalue weighted by Crippen LogP contribution is -2.35. The van der Waals surface area contributed by atoms with E-state index < -0.39 is 11.6 Å². The number of primary amides is 1. The summed E-state index contributed by atoms with van der Waals surface area (Å²) in [7, 11) is 0. The maximum Gasteiger partial charge on any atom is 0.332 e. The zero-order chi connectivity index (χ0) is 10.8. The quantitative estimate of drug-likeness (QED) is 0.568. The zero-order valence-electron chi connectivity index (χ0n) is 8.58. The zero-order valence-corrected chi connectivity index (χ0v) is 8.58. The third-order valence-corrected chi connectivity index (χ3v) is 2.49. The summed E-state index contributed by atoms with van der Waals surface area (Å²) in [6.45, 7) is 3.51. The molecule has 1 saturated carbocycles. The average molecular weight is 199 g/mol. The van der Waals surface area contributed by atoms with Crippen molar-refractivity contribution in [2.45, 2.75) is 38.7 Å². The van der Waals surface area contributed by atoms with Gasteiger partial charge in [-0.3, -0.25) is 0 Å². The van der Waals surface area contributed by atoms with E-state index in [1.807, 2.05) is 0 Å². The summed E-state index contributed by atoms with van der Waals surface area (Å²) in [4.78, 5) is 10.5. The Morgan fingerprint density at radius 1 is 1.71 bits per heavy atom. The van der Waals surface area contributed by atoms with Gasteiger partial charge in [-0.25, -0.2) is 10.2 Å². The third kappa shape index (κ3) is 2.70. The van der Waals surface area contributed by atoms with E-state index in [1.54, 1.807) is 13.8 Å². The standard InChI is InChI=1S/C9H17N3O2/c1-9(2,14)6-4-3-5-7(6)11-12-8(10)13/h6,14H,3-5H2,1-2H3,(H3,10,12,13). The number of rotatable bonds is 2. The number of carbonyl (C=O) groups is 1. The number of hydrogen-bond donors (Lipinski definition) is 3. The minimum absolute atomic E-state index is 0.0225.